The molecule has 3 heterocycles. The topological polar surface area (TPSA) is 95.7 Å². The van der Waals surface area contributed by atoms with Crippen molar-refractivity contribution in [1.82, 2.24) is 9.88 Å². The predicted molar refractivity (Wildman–Crippen MR) is 123 cm³/mol. The third-order valence-corrected chi connectivity index (χ3v) is 6.21. The van der Waals surface area contributed by atoms with E-state index < -0.39 is 17.7 Å². The molecule has 0 spiro atoms. The molecule has 2 aliphatic heterocycles. The van der Waals surface area contributed by atoms with Crippen LogP contribution in [0.1, 0.15) is 23.6 Å². The van der Waals surface area contributed by atoms with Crippen LogP contribution in [0.3, 0.4) is 0 Å². The summed E-state index contributed by atoms with van der Waals surface area (Å²) in [4.78, 5) is 30.7. The van der Waals surface area contributed by atoms with Crippen LogP contribution in [0.5, 0.6) is 11.5 Å². The van der Waals surface area contributed by atoms with Crippen molar-refractivity contribution in [2.45, 2.75) is 19.0 Å². The largest absolute Gasteiger partial charge is 0.507 e. The number of aryl methyl sites for hydroxylation is 1. The Bertz CT molecular complexity index is 1250. The second kappa shape index (κ2) is 9.23. The maximum absolute atomic E-state index is 13.2. The minimum atomic E-state index is -0.735. The number of benzene rings is 2. The number of halogens is 1. The second-order valence-electron chi connectivity index (χ2n) is 8.11. The van der Waals surface area contributed by atoms with E-state index in [0.29, 0.717) is 60.4 Å². The van der Waals surface area contributed by atoms with E-state index in [4.69, 9.17) is 21.1 Å². The van der Waals surface area contributed by atoms with Gasteiger partial charge in [-0.15, -0.1) is 0 Å². The molecule has 0 radical (unpaired) electrons. The molecule has 2 aromatic carbocycles. The molecule has 34 heavy (non-hydrogen) atoms. The normalized spacial score (nSPS) is 19.0. The number of aromatic amines is 1. The van der Waals surface area contributed by atoms with Gasteiger partial charge in [0.05, 0.1) is 18.2 Å². The number of carbonyl (C=O) groups is 2. The zero-order valence-electron chi connectivity index (χ0n) is 18.2. The van der Waals surface area contributed by atoms with Crippen molar-refractivity contribution < 1.29 is 28.7 Å². The molecule has 0 saturated carbocycles. The Hall–Kier alpha value is -3.78. The molecular weight excluding hydrogens is 458 g/mol. The number of aromatic nitrogens is 2. The number of ether oxygens (including phenoxy) is 2. The molecule has 1 aromatic heterocycles. The molecular formula is C25H23ClN3O5+. The second-order valence-corrected chi connectivity index (χ2v) is 8.54. The van der Waals surface area contributed by atoms with Crippen LogP contribution < -0.4 is 14.0 Å². The number of amides is 1. The molecule has 8 nitrogen and oxygen atoms in total. The van der Waals surface area contributed by atoms with E-state index in [0.717, 1.165) is 0 Å². The number of likely N-dealkylation sites (tertiary alicyclic amines) is 1. The smallest absolute Gasteiger partial charge is 0.295 e. The molecule has 1 fully saturated rings. The molecule has 1 amide bonds. The predicted octanol–water partition coefficient (Wildman–Crippen LogP) is 3.24. The monoisotopic (exact) mass is 480 g/mol. The van der Waals surface area contributed by atoms with Gasteiger partial charge in [-0.05, 0) is 35.9 Å². The third-order valence-electron chi connectivity index (χ3n) is 5.96. The lowest BCUT2D eigenvalue weighted by molar-refractivity contribution is -0.695. The fourth-order valence-electron chi connectivity index (χ4n) is 4.33. The highest BCUT2D eigenvalue weighted by molar-refractivity contribution is 6.46. The number of carbonyl (C=O) groups excluding carboxylic acids is 2. The summed E-state index contributed by atoms with van der Waals surface area (Å²) >= 11 is 6.07. The molecule has 5 rings (SSSR count). The first-order valence-corrected chi connectivity index (χ1v) is 11.4. The number of aliphatic hydroxyl groups excluding tert-OH is 1. The van der Waals surface area contributed by atoms with Gasteiger partial charge in [0.1, 0.15) is 31.4 Å². The number of hydrogen-bond acceptors (Lipinski definition) is 5. The lowest BCUT2D eigenvalue weighted by Crippen LogP contribution is -2.36. The van der Waals surface area contributed by atoms with Gasteiger partial charge in [-0.25, -0.2) is 4.57 Å². The number of Topliss-reactive ketones (excluding diaryl/α,β-unsaturated/α-hetero) is 1. The number of rotatable bonds is 6. The van der Waals surface area contributed by atoms with Crippen LogP contribution in [-0.4, -0.2) is 46.4 Å². The Morgan fingerprint density at radius 3 is 2.62 bits per heavy atom. The molecule has 9 heteroatoms. The standard InChI is InChI=1S/C25H22ClN3O5/c26-18-5-2-16(3-6-18)22-21(23(30)17-4-7-19-20(14-17)34-13-12-33-19)24(31)25(32)29(22)10-1-9-28-11-8-27-15-28/h2-8,11,14-15,22H,1,9-10,12-13H2,(H,30,31)/p+1. The number of ketones is 1. The molecule has 2 aliphatic rings. The maximum atomic E-state index is 13.2. The summed E-state index contributed by atoms with van der Waals surface area (Å²) in [6.45, 7) is 1.85. The van der Waals surface area contributed by atoms with Gasteiger partial charge in [0.25, 0.3) is 11.7 Å². The Balaban J connectivity index is 1.53. The zero-order valence-corrected chi connectivity index (χ0v) is 19.0. The van der Waals surface area contributed by atoms with E-state index in [1.165, 1.54) is 4.90 Å². The molecule has 0 bridgehead atoms. The van der Waals surface area contributed by atoms with Crippen LogP contribution in [0, 0.1) is 0 Å². The molecule has 1 atom stereocenters. The van der Waals surface area contributed by atoms with Crippen LogP contribution in [0.4, 0.5) is 0 Å². The van der Waals surface area contributed by atoms with Crippen molar-refractivity contribution in [1.29, 1.82) is 0 Å². The van der Waals surface area contributed by atoms with Gasteiger partial charge in [0.15, 0.2) is 11.5 Å². The number of aliphatic hydroxyl groups is 1. The van der Waals surface area contributed by atoms with Crippen LogP contribution >= 0.6 is 11.6 Å². The van der Waals surface area contributed by atoms with E-state index in [1.807, 2.05) is 23.3 Å². The molecule has 0 aliphatic carbocycles. The van der Waals surface area contributed by atoms with E-state index in [9.17, 15) is 14.7 Å². The highest BCUT2D eigenvalue weighted by Gasteiger charge is 2.45. The Kier molecular flexibility index (Phi) is 5.98. The quantitative estimate of drug-likeness (QED) is 0.244. The van der Waals surface area contributed by atoms with Gasteiger partial charge >= 0.3 is 0 Å². The number of nitrogens with one attached hydrogen (secondary N) is 1. The number of nitrogens with zero attached hydrogens (tertiary/aromatic N) is 2. The first-order valence-electron chi connectivity index (χ1n) is 11.0. The highest BCUT2D eigenvalue weighted by atomic mass is 35.5. The number of fused-ring (bicyclic) bond motifs is 1. The molecule has 1 unspecified atom stereocenters. The van der Waals surface area contributed by atoms with Crippen LogP contribution in [0.15, 0.2) is 66.8 Å². The molecule has 2 N–H and O–H groups in total. The maximum Gasteiger partial charge on any atom is 0.295 e. The minimum Gasteiger partial charge on any atom is -0.507 e. The van der Waals surface area contributed by atoms with Gasteiger partial charge in [-0.2, -0.15) is 0 Å². The van der Waals surface area contributed by atoms with Gasteiger partial charge < -0.3 is 19.5 Å². The highest BCUT2D eigenvalue weighted by Crippen LogP contribution is 2.41. The minimum absolute atomic E-state index is 0.0401. The first kappa shape index (κ1) is 22.0. The van der Waals surface area contributed by atoms with Gasteiger partial charge in [-0.1, -0.05) is 23.7 Å². The Labute approximate surface area is 201 Å². The average Bonchev–Trinajstić information content (AvgIpc) is 3.46. The van der Waals surface area contributed by atoms with Crippen molar-refractivity contribution in [2.24, 2.45) is 0 Å². The lowest BCUT2D eigenvalue weighted by Gasteiger charge is -2.25. The Morgan fingerprint density at radius 1 is 1.12 bits per heavy atom. The van der Waals surface area contributed by atoms with E-state index in [1.54, 1.807) is 42.5 Å². The fourth-order valence-corrected chi connectivity index (χ4v) is 4.46. The lowest BCUT2D eigenvalue weighted by atomic mass is 9.95. The average molecular weight is 481 g/mol. The van der Waals surface area contributed by atoms with E-state index in [-0.39, 0.29) is 11.3 Å². The number of imidazole rings is 1. The number of H-pyrrole nitrogens is 1. The van der Waals surface area contributed by atoms with Crippen molar-refractivity contribution in [2.75, 3.05) is 19.8 Å². The third kappa shape index (κ3) is 4.12. The molecule has 174 valence electrons. The van der Waals surface area contributed by atoms with Gasteiger partial charge in [0, 0.05) is 23.6 Å². The van der Waals surface area contributed by atoms with Crippen LogP contribution in [0.2, 0.25) is 5.02 Å². The zero-order chi connectivity index (χ0) is 23.7. The summed E-state index contributed by atoms with van der Waals surface area (Å²) < 4.78 is 13.1. The van der Waals surface area contributed by atoms with Gasteiger partial charge in [-0.3, -0.25) is 14.6 Å². The number of hydrogen-bond donors (Lipinski definition) is 2. The van der Waals surface area contributed by atoms with E-state index >= 15 is 0 Å². The summed E-state index contributed by atoms with van der Waals surface area (Å²) in [6, 6.07) is 11.2. The van der Waals surface area contributed by atoms with Crippen LogP contribution in [-0.2, 0) is 16.1 Å². The van der Waals surface area contributed by atoms with Crippen molar-refractivity contribution in [3.05, 3.63) is 82.9 Å². The van der Waals surface area contributed by atoms with Gasteiger partial charge in [0.2, 0.25) is 6.33 Å². The van der Waals surface area contributed by atoms with Crippen molar-refractivity contribution in [3.8, 4) is 11.5 Å². The first-order chi connectivity index (χ1) is 16.5. The SMILES string of the molecule is O=C1C(=O)N(CCC[n+]2cc[nH]c2)C(c2ccc(Cl)cc2)/C1=C(\O)c1ccc2c(c1)OCCO2. The summed E-state index contributed by atoms with van der Waals surface area (Å²) in [5.74, 6) is -0.562. The summed E-state index contributed by atoms with van der Waals surface area (Å²) in [5, 5.41) is 11.8. The summed E-state index contributed by atoms with van der Waals surface area (Å²) in [6.07, 6.45) is 6.16. The van der Waals surface area contributed by atoms with Crippen molar-refractivity contribution in [3.63, 3.8) is 0 Å². The van der Waals surface area contributed by atoms with Crippen molar-refractivity contribution >= 4 is 29.1 Å². The molecule has 1 saturated heterocycles. The summed E-state index contributed by atoms with van der Waals surface area (Å²) in [7, 11) is 0. The molecule has 3 aromatic rings. The van der Waals surface area contributed by atoms with E-state index in [2.05, 4.69) is 4.98 Å². The Morgan fingerprint density at radius 2 is 1.88 bits per heavy atom. The fraction of sp³-hybridized carbons (Fsp3) is 0.240. The van der Waals surface area contributed by atoms with Crippen LogP contribution in [0.25, 0.3) is 5.76 Å². The summed E-state index contributed by atoms with van der Waals surface area (Å²) in [5.41, 5.74) is 1.11.